The molecule has 0 bridgehead atoms. The summed E-state index contributed by atoms with van der Waals surface area (Å²) in [6, 6.07) is 9.68. The van der Waals surface area contributed by atoms with Gasteiger partial charge in [-0.25, -0.2) is 10.8 Å². The lowest BCUT2D eigenvalue weighted by Gasteiger charge is -2.22. The Bertz CT molecular complexity index is 584. The minimum Gasteiger partial charge on any atom is -0.299 e. The number of likely N-dealkylation sites (N-methyl/N-ethyl adjacent to an activating group) is 1. The Hall–Kier alpha value is -1.76. The molecule has 0 aliphatic heterocycles. The fourth-order valence-corrected chi connectivity index (χ4v) is 2.86. The van der Waals surface area contributed by atoms with Crippen LogP contribution in [0.2, 0.25) is 0 Å². The molecule has 2 rings (SSSR count). The Labute approximate surface area is 128 Å². The minimum atomic E-state index is -0.291. The van der Waals surface area contributed by atoms with Gasteiger partial charge in [0, 0.05) is 18.5 Å². The number of carbonyl (C=O) groups is 1. The number of nitrogens with zero attached hydrogens (tertiary/aromatic N) is 2. The first kappa shape index (κ1) is 15.6. The largest absolute Gasteiger partial charge is 0.299 e. The standard InChI is InChI=1S/C15H20N4OS/c1-11-17-13(10-21-11)8-19(2)9-14(15(20)18-16)12-6-4-3-5-7-12/h3-7,10,14H,8-9,16H2,1-2H3,(H,18,20). The lowest BCUT2D eigenvalue weighted by atomic mass is 9.98. The number of amides is 1. The molecule has 1 aromatic carbocycles. The third-order valence-electron chi connectivity index (χ3n) is 3.25. The number of benzene rings is 1. The van der Waals surface area contributed by atoms with Gasteiger partial charge in [0.2, 0.25) is 5.91 Å². The molecule has 0 aliphatic rings. The Morgan fingerprint density at radius 3 is 2.71 bits per heavy atom. The molecule has 0 spiro atoms. The lowest BCUT2D eigenvalue weighted by molar-refractivity contribution is -0.123. The van der Waals surface area contributed by atoms with Crippen molar-refractivity contribution in [2.45, 2.75) is 19.4 Å². The number of hydrogen-bond donors (Lipinski definition) is 2. The van der Waals surface area contributed by atoms with Crippen LogP contribution in [-0.4, -0.2) is 29.4 Å². The van der Waals surface area contributed by atoms with Crippen molar-refractivity contribution in [3.63, 3.8) is 0 Å². The van der Waals surface area contributed by atoms with Gasteiger partial charge in [-0.3, -0.25) is 15.1 Å². The van der Waals surface area contributed by atoms with Gasteiger partial charge in [0.15, 0.2) is 0 Å². The van der Waals surface area contributed by atoms with E-state index in [-0.39, 0.29) is 11.8 Å². The molecule has 1 atom stereocenters. The Morgan fingerprint density at radius 2 is 2.14 bits per heavy atom. The lowest BCUT2D eigenvalue weighted by Crippen LogP contribution is -2.39. The Balaban J connectivity index is 2.06. The van der Waals surface area contributed by atoms with E-state index in [4.69, 9.17) is 5.84 Å². The summed E-state index contributed by atoms with van der Waals surface area (Å²) in [7, 11) is 1.98. The molecular formula is C15H20N4OS. The van der Waals surface area contributed by atoms with Gasteiger partial charge >= 0.3 is 0 Å². The van der Waals surface area contributed by atoms with Gasteiger partial charge in [0.05, 0.1) is 16.6 Å². The summed E-state index contributed by atoms with van der Waals surface area (Å²) >= 11 is 1.64. The van der Waals surface area contributed by atoms with Crippen LogP contribution < -0.4 is 11.3 Å². The van der Waals surface area contributed by atoms with Crippen molar-refractivity contribution in [1.29, 1.82) is 0 Å². The number of nitrogens with one attached hydrogen (secondary N) is 1. The molecule has 1 aromatic heterocycles. The number of aromatic nitrogens is 1. The summed E-state index contributed by atoms with van der Waals surface area (Å²) in [5.74, 6) is 4.84. The van der Waals surface area contributed by atoms with E-state index in [2.05, 4.69) is 15.3 Å². The molecule has 1 amide bonds. The molecule has 112 valence electrons. The van der Waals surface area contributed by atoms with Crippen LogP contribution in [0.5, 0.6) is 0 Å². The van der Waals surface area contributed by atoms with E-state index in [1.54, 1.807) is 11.3 Å². The summed E-state index contributed by atoms with van der Waals surface area (Å²) in [6.45, 7) is 3.29. The maximum atomic E-state index is 12.0. The van der Waals surface area contributed by atoms with Gasteiger partial charge in [-0.15, -0.1) is 11.3 Å². The number of hydrogen-bond acceptors (Lipinski definition) is 5. The van der Waals surface area contributed by atoms with Crippen LogP contribution in [-0.2, 0) is 11.3 Å². The van der Waals surface area contributed by atoms with Crippen LogP contribution >= 0.6 is 11.3 Å². The van der Waals surface area contributed by atoms with Crippen LogP contribution in [0.1, 0.15) is 22.2 Å². The number of thiazole rings is 1. The fraction of sp³-hybridized carbons (Fsp3) is 0.333. The predicted octanol–water partition coefficient (Wildman–Crippen LogP) is 1.66. The second-order valence-electron chi connectivity index (χ2n) is 5.03. The fourth-order valence-electron chi connectivity index (χ4n) is 2.26. The van der Waals surface area contributed by atoms with Gasteiger partial charge in [0.25, 0.3) is 0 Å². The monoisotopic (exact) mass is 304 g/mol. The third kappa shape index (κ3) is 4.35. The maximum absolute atomic E-state index is 12.0. The predicted molar refractivity (Wildman–Crippen MR) is 84.7 cm³/mol. The first-order chi connectivity index (χ1) is 10.1. The van der Waals surface area contributed by atoms with E-state index in [0.717, 1.165) is 16.3 Å². The molecule has 0 fully saturated rings. The highest BCUT2D eigenvalue weighted by Crippen LogP contribution is 2.18. The van der Waals surface area contributed by atoms with Crippen molar-refractivity contribution in [1.82, 2.24) is 15.3 Å². The van der Waals surface area contributed by atoms with Crippen LogP contribution in [0.15, 0.2) is 35.7 Å². The highest BCUT2D eigenvalue weighted by molar-refractivity contribution is 7.09. The molecule has 0 saturated heterocycles. The molecule has 0 saturated carbocycles. The molecule has 6 heteroatoms. The van der Waals surface area contributed by atoms with Crippen LogP contribution in [0.3, 0.4) is 0 Å². The van der Waals surface area contributed by atoms with E-state index >= 15 is 0 Å². The molecule has 1 heterocycles. The summed E-state index contributed by atoms with van der Waals surface area (Å²) in [5.41, 5.74) is 4.25. The molecule has 5 nitrogen and oxygen atoms in total. The van der Waals surface area contributed by atoms with E-state index in [0.29, 0.717) is 13.1 Å². The van der Waals surface area contributed by atoms with E-state index in [1.165, 1.54) is 0 Å². The van der Waals surface area contributed by atoms with Crippen molar-refractivity contribution < 1.29 is 4.79 Å². The Kier molecular flexibility index (Phi) is 5.44. The normalized spacial score (nSPS) is 12.4. The molecule has 0 aliphatic carbocycles. The number of aryl methyl sites for hydroxylation is 1. The number of hydrazine groups is 1. The summed E-state index contributed by atoms with van der Waals surface area (Å²) in [5, 5.41) is 3.10. The summed E-state index contributed by atoms with van der Waals surface area (Å²) in [6.07, 6.45) is 0. The zero-order chi connectivity index (χ0) is 15.2. The zero-order valence-electron chi connectivity index (χ0n) is 12.2. The third-order valence-corrected chi connectivity index (χ3v) is 4.08. The summed E-state index contributed by atoms with van der Waals surface area (Å²) < 4.78 is 0. The van der Waals surface area contributed by atoms with Gasteiger partial charge in [0.1, 0.15) is 0 Å². The number of carbonyl (C=O) groups excluding carboxylic acids is 1. The second-order valence-corrected chi connectivity index (χ2v) is 6.09. The van der Waals surface area contributed by atoms with Gasteiger partial charge in [-0.2, -0.15) is 0 Å². The van der Waals surface area contributed by atoms with Crippen molar-refractivity contribution >= 4 is 17.2 Å². The smallest absolute Gasteiger partial charge is 0.242 e. The second kappa shape index (κ2) is 7.31. The molecule has 21 heavy (non-hydrogen) atoms. The van der Waals surface area contributed by atoms with E-state index < -0.39 is 0 Å². The minimum absolute atomic E-state index is 0.178. The SMILES string of the molecule is Cc1nc(CN(C)CC(C(=O)NN)c2ccccc2)cs1. The van der Waals surface area contributed by atoms with Crippen molar-refractivity contribution in [3.8, 4) is 0 Å². The average Bonchev–Trinajstić information content (AvgIpc) is 2.90. The molecule has 3 N–H and O–H groups in total. The highest BCUT2D eigenvalue weighted by Gasteiger charge is 2.21. The van der Waals surface area contributed by atoms with Crippen molar-refractivity contribution in [3.05, 3.63) is 52.0 Å². The maximum Gasteiger partial charge on any atom is 0.242 e. The topological polar surface area (TPSA) is 71.2 Å². The Morgan fingerprint density at radius 1 is 1.43 bits per heavy atom. The average molecular weight is 304 g/mol. The van der Waals surface area contributed by atoms with E-state index in [9.17, 15) is 4.79 Å². The first-order valence-corrected chi connectivity index (χ1v) is 7.63. The first-order valence-electron chi connectivity index (χ1n) is 6.75. The van der Waals surface area contributed by atoms with Gasteiger partial charge in [-0.05, 0) is 19.5 Å². The van der Waals surface area contributed by atoms with E-state index in [1.807, 2.05) is 49.7 Å². The van der Waals surface area contributed by atoms with Crippen molar-refractivity contribution in [2.24, 2.45) is 5.84 Å². The van der Waals surface area contributed by atoms with Gasteiger partial charge in [-0.1, -0.05) is 30.3 Å². The van der Waals surface area contributed by atoms with Crippen LogP contribution in [0.4, 0.5) is 0 Å². The zero-order valence-corrected chi connectivity index (χ0v) is 13.1. The molecule has 0 radical (unpaired) electrons. The van der Waals surface area contributed by atoms with Crippen LogP contribution in [0.25, 0.3) is 0 Å². The van der Waals surface area contributed by atoms with Crippen LogP contribution in [0, 0.1) is 6.92 Å². The quantitative estimate of drug-likeness (QED) is 0.484. The van der Waals surface area contributed by atoms with Crippen molar-refractivity contribution in [2.75, 3.05) is 13.6 Å². The molecular weight excluding hydrogens is 284 g/mol. The molecule has 2 aromatic rings. The number of nitrogens with two attached hydrogens (primary N) is 1. The summed E-state index contributed by atoms with van der Waals surface area (Å²) in [4.78, 5) is 18.6. The number of rotatable bonds is 6. The highest BCUT2D eigenvalue weighted by atomic mass is 32.1. The van der Waals surface area contributed by atoms with Gasteiger partial charge < -0.3 is 0 Å². The molecule has 1 unspecified atom stereocenters.